The van der Waals surface area contributed by atoms with Crippen LogP contribution in [0.15, 0.2) is 35.9 Å². The third-order valence-corrected chi connectivity index (χ3v) is 2.97. The van der Waals surface area contributed by atoms with Crippen molar-refractivity contribution in [2.45, 2.75) is 46.6 Å². The zero-order valence-corrected chi connectivity index (χ0v) is 13.9. The van der Waals surface area contributed by atoms with Crippen LogP contribution in [0.2, 0.25) is 0 Å². The summed E-state index contributed by atoms with van der Waals surface area (Å²) in [6.45, 7) is 8.55. The lowest BCUT2D eigenvalue weighted by atomic mass is 10.2. The Labute approximate surface area is 133 Å². The van der Waals surface area contributed by atoms with Crippen LogP contribution in [-0.4, -0.2) is 25.3 Å². The molecule has 22 heavy (non-hydrogen) atoms. The summed E-state index contributed by atoms with van der Waals surface area (Å²) in [6.07, 6.45) is 3.81. The van der Waals surface area contributed by atoms with E-state index in [1.165, 1.54) is 6.08 Å². The number of hydrogen-bond acceptors (Lipinski definition) is 4. The van der Waals surface area contributed by atoms with Gasteiger partial charge in [0.1, 0.15) is 18.1 Å². The van der Waals surface area contributed by atoms with Crippen molar-refractivity contribution in [2.75, 3.05) is 13.2 Å². The lowest BCUT2D eigenvalue weighted by Gasteiger charge is -2.14. The molecule has 0 fully saturated rings. The third kappa shape index (κ3) is 7.16. The predicted octanol–water partition coefficient (Wildman–Crippen LogP) is 4.14. The third-order valence-electron chi connectivity index (χ3n) is 2.97. The Bertz CT molecular complexity index is 476. The molecule has 1 atom stereocenters. The average molecular weight is 306 g/mol. The number of rotatable bonds is 9. The van der Waals surface area contributed by atoms with Crippen molar-refractivity contribution in [1.29, 1.82) is 0 Å². The molecule has 0 bridgehead atoms. The predicted molar refractivity (Wildman–Crippen MR) is 87.3 cm³/mol. The summed E-state index contributed by atoms with van der Waals surface area (Å²) in [5.41, 5.74) is 0.815. The normalized spacial score (nSPS) is 12.6. The Morgan fingerprint density at radius 2 is 1.82 bits per heavy atom. The fourth-order valence-electron chi connectivity index (χ4n) is 1.94. The van der Waals surface area contributed by atoms with Crippen LogP contribution in [0.1, 0.15) is 40.5 Å². The largest absolute Gasteiger partial charge is 0.491 e. The highest BCUT2D eigenvalue weighted by atomic mass is 16.5. The Hall–Kier alpha value is -1.97. The fourth-order valence-corrected chi connectivity index (χ4v) is 1.94. The minimum absolute atomic E-state index is 0.214. The van der Waals surface area contributed by atoms with Crippen LogP contribution in [0.4, 0.5) is 0 Å². The molecule has 4 nitrogen and oxygen atoms in total. The van der Waals surface area contributed by atoms with Crippen molar-refractivity contribution >= 4 is 5.97 Å². The van der Waals surface area contributed by atoms with Crippen LogP contribution in [0, 0.1) is 0 Å². The second-order valence-corrected chi connectivity index (χ2v) is 5.22. The molecule has 1 rings (SSSR count). The smallest absolute Gasteiger partial charge is 0.330 e. The van der Waals surface area contributed by atoms with Crippen molar-refractivity contribution in [2.24, 2.45) is 0 Å². The molecule has 0 saturated heterocycles. The van der Waals surface area contributed by atoms with Crippen LogP contribution in [0.5, 0.6) is 11.5 Å². The van der Waals surface area contributed by atoms with Gasteiger partial charge in [-0.15, -0.1) is 0 Å². The van der Waals surface area contributed by atoms with E-state index < -0.39 is 0 Å². The van der Waals surface area contributed by atoms with Crippen molar-refractivity contribution in [3.05, 3.63) is 35.9 Å². The Morgan fingerprint density at radius 1 is 1.18 bits per heavy atom. The van der Waals surface area contributed by atoms with Crippen molar-refractivity contribution in [1.82, 2.24) is 0 Å². The zero-order valence-electron chi connectivity index (χ0n) is 13.9. The van der Waals surface area contributed by atoms with Gasteiger partial charge in [0.05, 0.1) is 12.7 Å². The van der Waals surface area contributed by atoms with Crippen molar-refractivity contribution < 1.29 is 19.0 Å². The van der Waals surface area contributed by atoms with E-state index >= 15 is 0 Å². The summed E-state index contributed by atoms with van der Waals surface area (Å²) in [6, 6.07) is 7.52. The minimum Gasteiger partial charge on any atom is -0.491 e. The van der Waals surface area contributed by atoms with E-state index in [0.717, 1.165) is 29.9 Å². The maximum Gasteiger partial charge on any atom is 0.330 e. The van der Waals surface area contributed by atoms with Gasteiger partial charge >= 0.3 is 5.97 Å². The van der Waals surface area contributed by atoms with Gasteiger partial charge < -0.3 is 14.2 Å². The van der Waals surface area contributed by atoms with Gasteiger partial charge in [0.2, 0.25) is 0 Å². The second kappa shape index (κ2) is 9.87. The lowest BCUT2D eigenvalue weighted by Crippen LogP contribution is -2.10. The van der Waals surface area contributed by atoms with E-state index in [1.54, 1.807) is 6.92 Å². The molecule has 0 radical (unpaired) electrons. The van der Waals surface area contributed by atoms with E-state index in [9.17, 15) is 4.79 Å². The number of hydrogen-bond donors (Lipinski definition) is 0. The summed E-state index contributed by atoms with van der Waals surface area (Å²) < 4.78 is 16.3. The highest BCUT2D eigenvalue weighted by Crippen LogP contribution is 2.20. The first kappa shape index (κ1) is 18.1. The van der Waals surface area contributed by atoms with Crippen molar-refractivity contribution in [3.63, 3.8) is 0 Å². The standard InChI is InChI=1S/C18H26O4/c1-5-7-15(4)22-17-10-8-16(9-11-17)21-13-14(3)12-18(19)20-6-2/h8-12,15H,5-7,13H2,1-4H3. The van der Waals surface area contributed by atoms with Crippen molar-refractivity contribution in [3.8, 4) is 11.5 Å². The average Bonchev–Trinajstić information content (AvgIpc) is 2.47. The molecule has 0 aliphatic rings. The molecule has 1 aromatic rings. The molecule has 0 spiro atoms. The van der Waals surface area contributed by atoms with Crippen LogP contribution in [0.3, 0.4) is 0 Å². The zero-order chi connectivity index (χ0) is 16.4. The molecule has 0 aliphatic heterocycles. The Balaban J connectivity index is 2.45. The summed E-state index contributed by atoms with van der Waals surface area (Å²) >= 11 is 0. The SMILES string of the molecule is CCCC(C)Oc1ccc(OCC(C)=CC(=O)OCC)cc1. The highest BCUT2D eigenvalue weighted by molar-refractivity contribution is 5.82. The lowest BCUT2D eigenvalue weighted by molar-refractivity contribution is -0.137. The van der Waals surface area contributed by atoms with Crippen LogP contribution in [0.25, 0.3) is 0 Å². The monoisotopic (exact) mass is 306 g/mol. The minimum atomic E-state index is -0.336. The van der Waals surface area contributed by atoms with E-state index in [1.807, 2.05) is 31.2 Å². The molecule has 1 aromatic carbocycles. The Kier molecular flexibility index (Phi) is 8.11. The fraction of sp³-hybridized carbons (Fsp3) is 0.500. The molecule has 0 N–H and O–H groups in total. The van der Waals surface area contributed by atoms with Gasteiger partial charge in [0.25, 0.3) is 0 Å². The van der Waals surface area contributed by atoms with Gasteiger partial charge in [-0.1, -0.05) is 13.3 Å². The summed E-state index contributed by atoms with van der Waals surface area (Å²) in [5.74, 6) is 1.25. The first-order valence-corrected chi connectivity index (χ1v) is 7.78. The van der Waals surface area contributed by atoms with E-state index in [4.69, 9.17) is 14.2 Å². The molecule has 122 valence electrons. The molecule has 0 saturated carbocycles. The van der Waals surface area contributed by atoms with E-state index in [2.05, 4.69) is 13.8 Å². The highest BCUT2D eigenvalue weighted by Gasteiger charge is 2.03. The molecule has 0 amide bonds. The van der Waals surface area contributed by atoms with Gasteiger partial charge in [-0.05, 0) is 57.0 Å². The molecule has 0 aromatic heterocycles. The maximum absolute atomic E-state index is 11.3. The van der Waals surface area contributed by atoms with Gasteiger partial charge in [-0.2, -0.15) is 0 Å². The Morgan fingerprint density at radius 3 is 2.41 bits per heavy atom. The van der Waals surface area contributed by atoms with Crippen LogP contribution in [-0.2, 0) is 9.53 Å². The maximum atomic E-state index is 11.3. The first-order valence-electron chi connectivity index (χ1n) is 7.78. The summed E-state index contributed by atoms with van der Waals surface area (Å²) in [4.78, 5) is 11.3. The number of esters is 1. The van der Waals surface area contributed by atoms with Gasteiger partial charge in [0.15, 0.2) is 0 Å². The second-order valence-electron chi connectivity index (χ2n) is 5.22. The number of carbonyl (C=O) groups is 1. The van der Waals surface area contributed by atoms with E-state index in [0.29, 0.717) is 13.2 Å². The van der Waals surface area contributed by atoms with Crippen LogP contribution < -0.4 is 9.47 Å². The first-order chi connectivity index (χ1) is 10.5. The van der Waals surface area contributed by atoms with Gasteiger partial charge in [-0.25, -0.2) is 4.79 Å². The van der Waals surface area contributed by atoms with Gasteiger partial charge in [-0.3, -0.25) is 0 Å². The molecule has 0 heterocycles. The number of carbonyl (C=O) groups excluding carboxylic acids is 1. The molecule has 4 heteroatoms. The quantitative estimate of drug-likeness (QED) is 0.508. The van der Waals surface area contributed by atoms with Crippen LogP contribution >= 0.6 is 0 Å². The molecule has 1 unspecified atom stereocenters. The number of benzene rings is 1. The van der Waals surface area contributed by atoms with Gasteiger partial charge in [0, 0.05) is 6.08 Å². The topological polar surface area (TPSA) is 44.8 Å². The molecular weight excluding hydrogens is 280 g/mol. The molecular formula is C18H26O4. The molecule has 0 aliphatic carbocycles. The number of ether oxygens (including phenoxy) is 3. The summed E-state index contributed by atoms with van der Waals surface area (Å²) in [5, 5.41) is 0. The summed E-state index contributed by atoms with van der Waals surface area (Å²) in [7, 11) is 0. The van der Waals surface area contributed by atoms with E-state index in [-0.39, 0.29) is 12.1 Å².